The van der Waals surface area contributed by atoms with Crippen molar-refractivity contribution >= 4 is 23.2 Å². The molecule has 0 aliphatic heterocycles. The summed E-state index contributed by atoms with van der Waals surface area (Å²) in [6, 6.07) is 44.7. The number of fused-ring (bicyclic) bond motifs is 1. The smallest absolute Gasteiger partial charge is 0.128 e. The van der Waals surface area contributed by atoms with E-state index < -0.39 is 0 Å². The van der Waals surface area contributed by atoms with Gasteiger partial charge in [-0.3, -0.25) is 9.98 Å². The number of hydrogen-bond donors (Lipinski definition) is 2. The Morgan fingerprint density at radius 1 is 0.532 bits per heavy atom. The van der Waals surface area contributed by atoms with Crippen LogP contribution in [-0.2, 0) is 19.6 Å². The molecule has 0 aliphatic carbocycles. The van der Waals surface area contributed by atoms with Crippen LogP contribution < -0.4 is 9.47 Å². The van der Waals surface area contributed by atoms with Crippen LogP contribution >= 0.6 is 0 Å². The molecule has 0 aromatic heterocycles. The number of aliphatic imine (C=N–C) groups is 2. The number of rotatable bonds is 13. The highest BCUT2D eigenvalue weighted by Crippen LogP contribution is 2.25. The molecule has 0 heterocycles. The van der Waals surface area contributed by atoms with Gasteiger partial charge in [0.05, 0.1) is 12.6 Å². The molecule has 6 aromatic rings. The molecule has 0 spiro atoms. The first-order chi connectivity index (χ1) is 23.1. The van der Waals surface area contributed by atoms with Gasteiger partial charge in [-0.1, -0.05) is 103 Å². The number of phenolic OH excluding ortho intramolecular Hbond substituents is 2. The lowest BCUT2D eigenvalue weighted by Crippen LogP contribution is -2.13. The van der Waals surface area contributed by atoms with Gasteiger partial charge in [-0.2, -0.15) is 0 Å². The predicted molar refractivity (Wildman–Crippen MR) is 189 cm³/mol. The monoisotopic (exact) mass is 620 g/mol. The molecule has 6 heteroatoms. The molecule has 6 aromatic carbocycles. The quantitative estimate of drug-likeness (QED) is 0.127. The highest BCUT2D eigenvalue weighted by Gasteiger charge is 2.10. The van der Waals surface area contributed by atoms with E-state index in [1.807, 2.05) is 84.9 Å². The van der Waals surface area contributed by atoms with Gasteiger partial charge in [-0.25, -0.2) is 0 Å². The Morgan fingerprint density at radius 3 is 1.68 bits per heavy atom. The van der Waals surface area contributed by atoms with Gasteiger partial charge in [-0.15, -0.1) is 0 Å². The first-order valence-electron chi connectivity index (χ1n) is 15.6. The molecule has 0 aliphatic rings. The summed E-state index contributed by atoms with van der Waals surface area (Å²) in [4.78, 5) is 9.52. The van der Waals surface area contributed by atoms with Crippen molar-refractivity contribution in [1.82, 2.24) is 0 Å². The SMILES string of the molecule is Oc1cc(OCc2ccccc2)ccc1C=NC[C@H](Cc1ccc2ccccc2c1)N=Cc1ccc(OCc2ccccc2)cc1O. The van der Waals surface area contributed by atoms with Gasteiger partial charge in [0.1, 0.15) is 36.2 Å². The number of hydrogen-bond acceptors (Lipinski definition) is 6. The van der Waals surface area contributed by atoms with Gasteiger partial charge in [0.25, 0.3) is 0 Å². The third-order valence-electron chi connectivity index (χ3n) is 7.76. The van der Waals surface area contributed by atoms with E-state index in [2.05, 4.69) is 35.3 Å². The molecule has 47 heavy (non-hydrogen) atoms. The summed E-state index contributed by atoms with van der Waals surface area (Å²) in [5, 5.41) is 23.8. The second-order valence-corrected chi connectivity index (χ2v) is 11.3. The summed E-state index contributed by atoms with van der Waals surface area (Å²) >= 11 is 0. The maximum atomic E-state index is 10.8. The summed E-state index contributed by atoms with van der Waals surface area (Å²) < 4.78 is 11.7. The van der Waals surface area contributed by atoms with Crippen molar-refractivity contribution in [2.75, 3.05) is 6.54 Å². The number of benzene rings is 6. The van der Waals surface area contributed by atoms with Crippen LogP contribution in [0, 0.1) is 0 Å². The molecule has 0 radical (unpaired) electrons. The van der Waals surface area contributed by atoms with Crippen LogP contribution in [0.3, 0.4) is 0 Å². The van der Waals surface area contributed by atoms with Crippen LogP contribution in [0.5, 0.6) is 23.0 Å². The Morgan fingerprint density at radius 2 is 1.09 bits per heavy atom. The van der Waals surface area contributed by atoms with E-state index in [4.69, 9.17) is 14.5 Å². The fourth-order valence-corrected chi connectivity index (χ4v) is 5.19. The summed E-state index contributed by atoms with van der Waals surface area (Å²) in [6.07, 6.45) is 4.00. The van der Waals surface area contributed by atoms with Gasteiger partial charge in [0.15, 0.2) is 0 Å². The van der Waals surface area contributed by atoms with Gasteiger partial charge in [0.2, 0.25) is 0 Å². The second kappa shape index (κ2) is 15.4. The van der Waals surface area contributed by atoms with Crippen LogP contribution in [0.15, 0.2) is 150 Å². The molecular weight excluding hydrogens is 584 g/mol. The molecule has 6 rings (SSSR count). The van der Waals surface area contributed by atoms with E-state index in [0.717, 1.165) is 16.7 Å². The zero-order valence-corrected chi connectivity index (χ0v) is 25.9. The Labute approximate surface area is 275 Å². The van der Waals surface area contributed by atoms with E-state index in [0.29, 0.717) is 48.8 Å². The van der Waals surface area contributed by atoms with Crippen molar-refractivity contribution in [3.8, 4) is 23.0 Å². The zero-order valence-electron chi connectivity index (χ0n) is 25.9. The van der Waals surface area contributed by atoms with Gasteiger partial charge in [-0.05, 0) is 58.1 Å². The Kier molecular flexibility index (Phi) is 10.2. The van der Waals surface area contributed by atoms with Crippen molar-refractivity contribution in [3.63, 3.8) is 0 Å². The minimum Gasteiger partial charge on any atom is -0.507 e. The molecule has 0 bridgehead atoms. The minimum absolute atomic E-state index is 0.0896. The fourth-order valence-electron chi connectivity index (χ4n) is 5.19. The number of phenols is 2. The maximum Gasteiger partial charge on any atom is 0.128 e. The van der Waals surface area contributed by atoms with Crippen LogP contribution in [0.1, 0.15) is 27.8 Å². The third-order valence-corrected chi connectivity index (χ3v) is 7.76. The van der Waals surface area contributed by atoms with Crippen molar-refractivity contribution < 1.29 is 19.7 Å². The zero-order chi connectivity index (χ0) is 32.3. The summed E-state index contributed by atoms with van der Waals surface area (Å²) in [7, 11) is 0. The maximum absolute atomic E-state index is 10.8. The number of aromatic hydroxyl groups is 2. The second-order valence-electron chi connectivity index (χ2n) is 11.3. The standard InChI is InChI=1S/C41H36N2O4/c44-40-23-38(46-28-30-9-3-1-4-10-30)19-17-35(40)25-42-27-37(22-32-15-16-33-13-7-8-14-34(33)21-32)43-26-36-18-20-39(24-41(36)45)47-29-31-11-5-2-6-12-31/h1-21,23-26,37,44-45H,22,27-29H2/t37-/m0/s1. The molecule has 234 valence electrons. The average molecular weight is 621 g/mol. The molecule has 0 saturated heterocycles. The molecule has 0 saturated carbocycles. The molecule has 0 unspecified atom stereocenters. The van der Waals surface area contributed by atoms with Gasteiger partial charge in [0, 0.05) is 35.7 Å². The number of ether oxygens (including phenoxy) is 2. The largest absolute Gasteiger partial charge is 0.507 e. The molecule has 0 amide bonds. The van der Waals surface area contributed by atoms with Crippen LogP contribution in [0.4, 0.5) is 0 Å². The Balaban J connectivity index is 1.15. The normalized spacial score (nSPS) is 12.1. The Hall–Kier alpha value is -5.88. The summed E-state index contributed by atoms with van der Waals surface area (Å²) in [5.41, 5.74) is 4.42. The van der Waals surface area contributed by atoms with Crippen molar-refractivity contribution in [2.24, 2.45) is 9.98 Å². The topological polar surface area (TPSA) is 83.6 Å². The van der Waals surface area contributed by atoms with E-state index >= 15 is 0 Å². The van der Waals surface area contributed by atoms with E-state index in [1.54, 1.807) is 36.7 Å². The fraction of sp³-hybridized carbons (Fsp3) is 0.122. The average Bonchev–Trinajstić information content (AvgIpc) is 3.11. The first-order valence-corrected chi connectivity index (χ1v) is 15.6. The molecule has 6 nitrogen and oxygen atoms in total. The van der Waals surface area contributed by atoms with E-state index in [1.165, 1.54) is 10.8 Å². The molecule has 2 N–H and O–H groups in total. The minimum atomic E-state index is -0.212. The lowest BCUT2D eigenvalue weighted by Gasteiger charge is -2.12. The highest BCUT2D eigenvalue weighted by atomic mass is 16.5. The van der Waals surface area contributed by atoms with Crippen molar-refractivity contribution in [3.05, 3.63) is 167 Å². The lowest BCUT2D eigenvalue weighted by molar-refractivity contribution is 0.304. The predicted octanol–water partition coefficient (Wildman–Crippen LogP) is 8.56. The van der Waals surface area contributed by atoms with Crippen LogP contribution in [0.2, 0.25) is 0 Å². The molecule has 1 atom stereocenters. The Bertz CT molecular complexity index is 1970. The highest BCUT2D eigenvalue weighted by molar-refractivity contribution is 5.85. The lowest BCUT2D eigenvalue weighted by atomic mass is 10.0. The van der Waals surface area contributed by atoms with Crippen LogP contribution in [-0.4, -0.2) is 35.2 Å². The van der Waals surface area contributed by atoms with Gasteiger partial charge >= 0.3 is 0 Å². The van der Waals surface area contributed by atoms with Crippen LogP contribution in [0.25, 0.3) is 10.8 Å². The van der Waals surface area contributed by atoms with E-state index in [9.17, 15) is 10.2 Å². The van der Waals surface area contributed by atoms with Crippen molar-refractivity contribution in [2.45, 2.75) is 25.7 Å². The molecule has 0 fully saturated rings. The number of nitrogens with zero attached hydrogens (tertiary/aromatic N) is 2. The third kappa shape index (κ3) is 8.86. The van der Waals surface area contributed by atoms with Gasteiger partial charge < -0.3 is 19.7 Å². The van der Waals surface area contributed by atoms with Crippen molar-refractivity contribution in [1.29, 1.82) is 0 Å². The molecular formula is C41H36N2O4. The summed E-state index contributed by atoms with van der Waals surface area (Å²) in [5.74, 6) is 1.34. The first kappa shape index (κ1) is 31.1. The van der Waals surface area contributed by atoms with E-state index in [-0.39, 0.29) is 17.5 Å². The summed E-state index contributed by atoms with van der Waals surface area (Å²) in [6.45, 7) is 1.22.